The molecule has 2 rings (SSSR count). The van der Waals surface area contributed by atoms with Crippen molar-refractivity contribution in [2.24, 2.45) is 10.2 Å². The molecular weight excluding hydrogens is 362 g/mol. The molecule has 0 atom stereocenters. The zero-order valence-electron chi connectivity index (χ0n) is 15.3. The minimum absolute atomic E-state index is 0.0448. The van der Waals surface area contributed by atoms with Gasteiger partial charge in [-0.3, -0.25) is 4.79 Å². The Morgan fingerprint density at radius 3 is 2.07 bits per heavy atom. The van der Waals surface area contributed by atoms with Crippen LogP contribution in [0.1, 0.15) is 17.3 Å². The van der Waals surface area contributed by atoms with Gasteiger partial charge in [0.15, 0.2) is 5.71 Å². The van der Waals surface area contributed by atoms with Gasteiger partial charge in [0.05, 0.1) is 12.8 Å². The van der Waals surface area contributed by atoms with E-state index in [0.29, 0.717) is 11.3 Å². The first-order chi connectivity index (χ1) is 13.5. The maximum atomic E-state index is 12.1. The van der Waals surface area contributed by atoms with Gasteiger partial charge in [-0.1, -0.05) is 36.4 Å². The van der Waals surface area contributed by atoms with Gasteiger partial charge in [-0.15, -0.1) is 0 Å². The molecule has 0 unspecified atom stereocenters. The molecule has 3 amide bonds. The third kappa shape index (κ3) is 6.06. The summed E-state index contributed by atoms with van der Waals surface area (Å²) >= 11 is 0. The van der Waals surface area contributed by atoms with E-state index in [4.69, 9.17) is 0 Å². The smallest absolute Gasteiger partial charge is 0.360 e. The van der Waals surface area contributed by atoms with Crippen molar-refractivity contribution in [3.05, 3.63) is 66.2 Å². The molecule has 0 radical (unpaired) electrons. The van der Waals surface area contributed by atoms with Crippen molar-refractivity contribution in [1.82, 2.24) is 10.9 Å². The molecule has 0 heterocycles. The molecule has 0 fully saturated rings. The van der Waals surface area contributed by atoms with Gasteiger partial charge in [0, 0.05) is 11.3 Å². The van der Waals surface area contributed by atoms with Gasteiger partial charge < -0.3 is 10.1 Å². The third-order valence-corrected chi connectivity index (χ3v) is 3.38. The van der Waals surface area contributed by atoms with Crippen molar-refractivity contribution in [1.29, 1.82) is 0 Å². The van der Waals surface area contributed by atoms with E-state index in [1.807, 2.05) is 6.07 Å². The number of hydrazone groups is 2. The first-order valence-corrected chi connectivity index (χ1v) is 8.19. The number of methoxy groups -OCH3 is 1. The molecule has 0 bridgehead atoms. The minimum atomic E-state index is -0.820. The number of amides is 3. The Hall–Kier alpha value is -4.01. The first kappa shape index (κ1) is 20.3. The van der Waals surface area contributed by atoms with Gasteiger partial charge in [0.25, 0.3) is 5.91 Å². The van der Waals surface area contributed by atoms with E-state index in [1.165, 1.54) is 14.0 Å². The van der Waals surface area contributed by atoms with Crippen molar-refractivity contribution in [2.45, 2.75) is 6.92 Å². The van der Waals surface area contributed by atoms with Crippen LogP contribution in [0.15, 0.2) is 70.9 Å². The standard InChI is InChI=1S/C19H19N5O4/c1-13(21-24-19(27)20-15-11-7-4-8-12-15)16(18(26)28-2)22-23-17(25)14-9-5-3-6-10-14/h3-12H,1-2H3,(H,23,25)(H2,20,24,27)/b21-13+,22-16-. The maximum Gasteiger partial charge on any atom is 0.360 e. The van der Waals surface area contributed by atoms with Crippen LogP contribution in [0.3, 0.4) is 0 Å². The highest BCUT2D eigenvalue weighted by Gasteiger charge is 2.17. The number of nitrogens with zero attached hydrogens (tertiary/aromatic N) is 2. The monoisotopic (exact) mass is 381 g/mol. The predicted molar refractivity (Wildman–Crippen MR) is 105 cm³/mol. The first-order valence-electron chi connectivity index (χ1n) is 8.19. The number of benzene rings is 2. The molecule has 0 aliphatic heterocycles. The molecule has 0 aliphatic rings. The van der Waals surface area contributed by atoms with Crippen LogP contribution in [-0.2, 0) is 9.53 Å². The zero-order chi connectivity index (χ0) is 20.4. The highest BCUT2D eigenvalue weighted by molar-refractivity contribution is 6.65. The molecule has 0 saturated heterocycles. The van der Waals surface area contributed by atoms with Crippen molar-refractivity contribution < 1.29 is 19.1 Å². The predicted octanol–water partition coefficient (Wildman–Crippen LogP) is 2.14. The highest BCUT2D eigenvalue weighted by atomic mass is 16.5. The summed E-state index contributed by atoms with van der Waals surface area (Å²) in [6, 6.07) is 16.5. The number of esters is 1. The Morgan fingerprint density at radius 2 is 1.46 bits per heavy atom. The summed E-state index contributed by atoms with van der Waals surface area (Å²) in [5, 5.41) is 10.2. The molecule has 144 valence electrons. The molecule has 0 aromatic heterocycles. The lowest BCUT2D eigenvalue weighted by atomic mass is 10.2. The van der Waals surface area contributed by atoms with Crippen molar-refractivity contribution in [2.75, 3.05) is 12.4 Å². The van der Waals surface area contributed by atoms with Crippen LogP contribution in [0.25, 0.3) is 0 Å². The molecule has 28 heavy (non-hydrogen) atoms. The Labute approximate surface area is 161 Å². The lowest BCUT2D eigenvalue weighted by Crippen LogP contribution is -2.32. The van der Waals surface area contributed by atoms with Crippen LogP contribution in [0.4, 0.5) is 10.5 Å². The summed E-state index contributed by atoms with van der Waals surface area (Å²) < 4.78 is 4.64. The molecular formula is C19H19N5O4. The number of hydrogen-bond donors (Lipinski definition) is 3. The van der Waals surface area contributed by atoms with Gasteiger partial charge >= 0.3 is 12.0 Å². The average molecular weight is 381 g/mol. The Balaban J connectivity index is 2.06. The molecule has 0 spiro atoms. The van der Waals surface area contributed by atoms with Crippen molar-refractivity contribution in [3.63, 3.8) is 0 Å². The van der Waals surface area contributed by atoms with Crippen molar-refractivity contribution in [3.8, 4) is 0 Å². The lowest BCUT2D eigenvalue weighted by molar-refractivity contribution is -0.132. The van der Waals surface area contributed by atoms with Gasteiger partial charge in [0.2, 0.25) is 0 Å². The summed E-state index contributed by atoms with van der Waals surface area (Å²) in [6.45, 7) is 1.44. The van der Waals surface area contributed by atoms with E-state index < -0.39 is 17.9 Å². The number of anilines is 1. The fraction of sp³-hybridized carbons (Fsp3) is 0.105. The van der Waals surface area contributed by atoms with E-state index >= 15 is 0 Å². The molecule has 0 aliphatic carbocycles. The summed E-state index contributed by atoms with van der Waals surface area (Å²) in [7, 11) is 1.17. The second-order valence-corrected chi connectivity index (χ2v) is 5.39. The van der Waals surface area contributed by atoms with Crippen LogP contribution in [0.2, 0.25) is 0 Å². The van der Waals surface area contributed by atoms with E-state index in [-0.39, 0.29) is 11.4 Å². The summed E-state index contributed by atoms with van der Waals surface area (Å²) in [4.78, 5) is 35.9. The van der Waals surface area contributed by atoms with Crippen LogP contribution < -0.4 is 16.2 Å². The molecule has 3 N–H and O–H groups in total. The largest absolute Gasteiger partial charge is 0.464 e. The fourth-order valence-electron chi connectivity index (χ4n) is 2.00. The maximum absolute atomic E-state index is 12.1. The number of hydrogen-bond acceptors (Lipinski definition) is 6. The number of rotatable bonds is 6. The summed E-state index contributed by atoms with van der Waals surface area (Å²) in [6.07, 6.45) is 0. The van der Waals surface area contributed by atoms with Crippen LogP contribution in [0.5, 0.6) is 0 Å². The number of carbonyl (C=O) groups excluding carboxylic acids is 3. The summed E-state index contributed by atoms with van der Waals surface area (Å²) in [5.74, 6) is -1.33. The molecule has 0 saturated carbocycles. The normalized spacial score (nSPS) is 11.4. The Bertz CT molecular complexity index is 895. The van der Waals surface area contributed by atoms with E-state index in [0.717, 1.165) is 0 Å². The minimum Gasteiger partial charge on any atom is -0.464 e. The number of nitrogens with one attached hydrogen (secondary N) is 3. The van der Waals surface area contributed by atoms with E-state index in [9.17, 15) is 14.4 Å². The quantitative estimate of drug-likeness (QED) is 0.403. The van der Waals surface area contributed by atoms with Gasteiger partial charge in [-0.2, -0.15) is 10.2 Å². The van der Waals surface area contributed by atoms with Crippen LogP contribution in [-0.4, -0.2) is 36.4 Å². The third-order valence-electron chi connectivity index (χ3n) is 3.38. The second kappa shape index (κ2) is 10.2. The fourth-order valence-corrected chi connectivity index (χ4v) is 2.00. The zero-order valence-corrected chi connectivity index (χ0v) is 15.3. The lowest BCUT2D eigenvalue weighted by Gasteiger charge is -2.07. The van der Waals surface area contributed by atoms with Gasteiger partial charge in [0.1, 0.15) is 0 Å². The SMILES string of the molecule is COC(=O)C(=N\NC(=O)c1ccccc1)/C(C)=N/NC(=O)Nc1ccccc1. The number of carbonyl (C=O) groups is 3. The van der Waals surface area contributed by atoms with E-state index in [1.54, 1.807) is 54.6 Å². The van der Waals surface area contributed by atoms with Gasteiger partial charge in [-0.05, 0) is 31.2 Å². The Morgan fingerprint density at radius 1 is 0.857 bits per heavy atom. The number of urea groups is 1. The molecule has 2 aromatic carbocycles. The second-order valence-electron chi connectivity index (χ2n) is 5.39. The van der Waals surface area contributed by atoms with Crippen molar-refractivity contribution >= 4 is 35.0 Å². The van der Waals surface area contributed by atoms with Crippen LogP contribution in [0, 0.1) is 0 Å². The van der Waals surface area contributed by atoms with E-state index in [2.05, 4.69) is 31.1 Å². The highest BCUT2D eigenvalue weighted by Crippen LogP contribution is 2.04. The van der Waals surface area contributed by atoms with Gasteiger partial charge in [-0.25, -0.2) is 20.4 Å². The molecule has 9 nitrogen and oxygen atoms in total. The summed E-state index contributed by atoms with van der Waals surface area (Å²) in [5.41, 5.74) is 5.24. The Kier molecular flexibility index (Phi) is 7.41. The topological polar surface area (TPSA) is 121 Å². The molecule has 2 aromatic rings. The molecule has 9 heteroatoms. The number of ether oxygens (including phenoxy) is 1. The average Bonchev–Trinajstić information content (AvgIpc) is 2.73. The van der Waals surface area contributed by atoms with Crippen LogP contribution >= 0.6 is 0 Å². The number of para-hydroxylation sites is 1.